The van der Waals surface area contributed by atoms with Gasteiger partial charge in [0, 0.05) is 34.4 Å². The van der Waals surface area contributed by atoms with Crippen LogP contribution in [0.1, 0.15) is 11.1 Å². The normalized spacial score (nSPS) is 10.9. The summed E-state index contributed by atoms with van der Waals surface area (Å²) in [4.78, 5) is 4.22. The predicted molar refractivity (Wildman–Crippen MR) is 110 cm³/mol. The van der Waals surface area contributed by atoms with Gasteiger partial charge < -0.3 is 0 Å². The van der Waals surface area contributed by atoms with Gasteiger partial charge in [0.2, 0.25) is 0 Å². The Morgan fingerprint density at radius 1 is 0.963 bits per heavy atom. The minimum Gasteiger partial charge on any atom is -0.270 e. The molecular weight excluding hydrogens is 376 g/mol. The highest BCUT2D eigenvalue weighted by Gasteiger charge is 2.16. The summed E-state index contributed by atoms with van der Waals surface area (Å²) in [5.41, 5.74) is 4.36. The molecule has 0 fully saturated rings. The van der Waals surface area contributed by atoms with Crippen molar-refractivity contribution in [2.75, 3.05) is 0 Å². The second-order valence-corrected chi connectivity index (χ2v) is 7.51. The maximum atomic E-state index is 5.98. The summed E-state index contributed by atoms with van der Waals surface area (Å²) in [5, 5.41) is 10.5. The fourth-order valence-electron chi connectivity index (χ4n) is 2.70. The van der Waals surface area contributed by atoms with E-state index in [9.17, 15) is 0 Å². The smallest absolute Gasteiger partial charge is 0.196 e. The van der Waals surface area contributed by atoms with Crippen LogP contribution in [0.2, 0.25) is 5.02 Å². The van der Waals surface area contributed by atoms with Gasteiger partial charge in [0.1, 0.15) is 0 Å². The first-order chi connectivity index (χ1) is 13.2. The monoisotopic (exact) mass is 392 g/mol. The van der Waals surface area contributed by atoms with Crippen molar-refractivity contribution in [2.24, 2.45) is 0 Å². The molecule has 27 heavy (non-hydrogen) atoms. The highest BCUT2D eigenvalue weighted by Crippen LogP contribution is 2.29. The lowest BCUT2D eigenvalue weighted by Gasteiger charge is -2.10. The van der Waals surface area contributed by atoms with Crippen molar-refractivity contribution in [3.63, 3.8) is 0 Å². The van der Waals surface area contributed by atoms with Crippen LogP contribution in [0.3, 0.4) is 0 Å². The first kappa shape index (κ1) is 17.8. The number of halogens is 1. The van der Waals surface area contributed by atoms with Crippen LogP contribution in [-0.2, 0) is 5.75 Å². The lowest BCUT2D eigenvalue weighted by molar-refractivity contribution is 0.885. The van der Waals surface area contributed by atoms with Crippen molar-refractivity contribution in [2.45, 2.75) is 17.8 Å². The molecule has 0 aliphatic heterocycles. The van der Waals surface area contributed by atoms with Crippen LogP contribution in [0.15, 0.2) is 78.2 Å². The molecule has 0 radical (unpaired) electrons. The summed E-state index contributed by atoms with van der Waals surface area (Å²) in [6.45, 7) is 2.08. The van der Waals surface area contributed by atoms with Gasteiger partial charge in [-0.2, -0.15) is 0 Å². The van der Waals surface area contributed by atoms with Gasteiger partial charge in [0.05, 0.1) is 0 Å². The van der Waals surface area contributed by atoms with Gasteiger partial charge in [-0.15, -0.1) is 10.2 Å². The molecule has 134 valence electrons. The van der Waals surface area contributed by atoms with E-state index in [0.29, 0.717) is 0 Å². The largest absolute Gasteiger partial charge is 0.270 e. The van der Waals surface area contributed by atoms with Crippen molar-refractivity contribution >= 4 is 23.4 Å². The van der Waals surface area contributed by atoms with E-state index in [1.807, 2.05) is 42.6 Å². The van der Waals surface area contributed by atoms with Crippen molar-refractivity contribution in [3.05, 3.63) is 89.2 Å². The van der Waals surface area contributed by atoms with Gasteiger partial charge in [0.25, 0.3) is 0 Å². The highest BCUT2D eigenvalue weighted by molar-refractivity contribution is 7.98. The third kappa shape index (κ3) is 4.04. The maximum Gasteiger partial charge on any atom is 0.196 e. The van der Waals surface area contributed by atoms with Gasteiger partial charge in [0.15, 0.2) is 11.0 Å². The first-order valence-electron chi connectivity index (χ1n) is 8.51. The lowest BCUT2D eigenvalue weighted by atomic mass is 10.2. The Balaban J connectivity index is 1.71. The minimum atomic E-state index is 0.741. The molecule has 4 rings (SSSR count). The van der Waals surface area contributed by atoms with Gasteiger partial charge >= 0.3 is 0 Å². The second-order valence-electron chi connectivity index (χ2n) is 6.13. The van der Waals surface area contributed by atoms with Crippen LogP contribution in [0.5, 0.6) is 0 Å². The zero-order valence-electron chi connectivity index (χ0n) is 14.7. The average molecular weight is 393 g/mol. The summed E-state index contributed by atoms with van der Waals surface area (Å²) < 4.78 is 2.08. The van der Waals surface area contributed by atoms with E-state index in [0.717, 1.165) is 33.0 Å². The lowest BCUT2D eigenvalue weighted by Crippen LogP contribution is -2.00. The molecule has 2 aromatic heterocycles. The first-order valence-corrected chi connectivity index (χ1v) is 9.87. The highest BCUT2D eigenvalue weighted by atomic mass is 35.5. The average Bonchev–Trinajstić information content (AvgIpc) is 3.13. The number of pyridine rings is 1. The van der Waals surface area contributed by atoms with Crippen LogP contribution in [0.25, 0.3) is 17.1 Å². The molecule has 0 amide bonds. The van der Waals surface area contributed by atoms with E-state index in [-0.39, 0.29) is 0 Å². The number of hydrogen-bond donors (Lipinski definition) is 0. The van der Waals surface area contributed by atoms with E-state index in [2.05, 4.69) is 50.9 Å². The number of hydrogen-bond acceptors (Lipinski definition) is 4. The Hall–Kier alpha value is -2.63. The van der Waals surface area contributed by atoms with Crippen LogP contribution < -0.4 is 0 Å². The number of aryl methyl sites for hydroxylation is 1. The second kappa shape index (κ2) is 7.94. The molecule has 0 saturated heterocycles. The molecular formula is C21H17ClN4S. The zero-order chi connectivity index (χ0) is 18.6. The summed E-state index contributed by atoms with van der Waals surface area (Å²) in [7, 11) is 0. The van der Waals surface area contributed by atoms with Crippen LogP contribution >= 0.6 is 23.4 Å². The van der Waals surface area contributed by atoms with E-state index in [1.54, 1.807) is 18.0 Å². The third-order valence-electron chi connectivity index (χ3n) is 4.13. The van der Waals surface area contributed by atoms with Gasteiger partial charge in [-0.05, 0) is 48.9 Å². The molecule has 0 N–H and O–H groups in total. The van der Waals surface area contributed by atoms with E-state index in [1.165, 1.54) is 11.1 Å². The topological polar surface area (TPSA) is 43.6 Å². The van der Waals surface area contributed by atoms with Gasteiger partial charge in [-0.3, -0.25) is 9.55 Å². The standard InChI is InChI=1S/C21H17ClN4S/c1-15-4-10-19(11-5-15)26-20(17-3-2-12-23-13-17)24-25-21(26)27-14-16-6-8-18(22)9-7-16/h2-13H,14H2,1H3. The molecule has 0 spiro atoms. The van der Waals surface area contributed by atoms with Crippen LogP contribution in [-0.4, -0.2) is 19.7 Å². The summed E-state index contributed by atoms with van der Waals surface area (Å²) >= 11 is 7.63. The Labute approximate surface area is 167 Å². The van der Waals surface area contributed by atoms with Crippen LogP contribution in [0.4, 0.5) is 0 Å². The zero-order valence-corrected chi connectivity index (χ0v) is 16.3. The quantitative estimate of drug-likeness (QED) is 0.415. The summed E-state index contributed by atoms with van der Waals surface area (Å²) in [5.74, 6) is 1.57. The molecule has 2 heterocycles. The number of rotatable bonds is 5. The van der Waals surface area contributed by atoms with Crippen molar-refractivity contribution in [1.82, 2.24) is 19.7 Å². The molecule has 4 nitrogen and oxygen atoms in total. The van der Waals surface area contributed by atoms with Gasteiger partial charge in [-0.25, -0.2) is 0 Å². The van der Waals surface area contributed by atoms with E-state index >= 15 is 0 Å². The SMILES string of the molecule is Cc1ccc(-n2c(SCc3ccc(Cl)cc3)nnc2-c2cccnc2)cc1. The number of benzene rings is 2. The predicted octanol–water partition coefficient (Wildman–Crippen LogP) is 5.58. The summed E-state index contributed by atoms with van der Waals surface area (Å²) in [6.07, 6.45) is 3.56. The Morgan fingerprint density at radius 2 is 1.74 bits per heavy atom. The van der Waals surface area contributed by atoms with E-state index in [4.69, 9.17) is 11.6 Å². The van der Waals surface area contributed by atoms with Crippen molar-refractivity contribution in [3.8, 4) is 17.1 Å². The molecule has 0 bridgehead atoms. The maximum absolute atomic E-state index is 5.98. The molecule has 0 saturated carbocycles. The Kier molecular flexibility index (Phi) is 5.23. The molecule has 2 aromatic carbocycles. The van der Waals surface area contributed by atoms with E-state index < -0.39 is 0 Å². The molecule has 0 aliphatic carbocycles. The third-order valence-corrected chi connectivity index (χ3v) is 5.38. The molecule has 6 heteroatoms. The van der Waals surface area contributed by atoms with Crippen molar-refractivity contribution in [1.29, 1.82) is 0 Å². The molecule has 0 aliphatic rings. The van der Waals surface area contributed by atoms with Crippen molar-refractivity contribution < 1.29 is 0 Å². The molecule has 0 atom stereocenters. The minimum absolute atomic E-state index is 0.741. The fourth-order valence-corrected chi connectivity index (χ4v) is 3.73. The number of aromatic nitrogens is 4. The molecule has 4 aromatic rings. The number of nitrogens with zero attached hydrogens (tertiary/aromatic N) is 4. The Morgan fingerprint density at radius 3 is 2.44 bits per heavy atom. The summed E-state index contributed by atoms with van der Waals surface area (Å²) in [6, 6.07) is 20.1. The van der Waals surface area contributed by atoms with Gasteiger partial charge in [-0.1, -0.05) is 53.2 Å². The molecule has 0 unspecified atom stereocenters. The fraction of sp³-hybridized carbons (Fsp3) is 0.0952. The number of thioether (sulfide) groups is 1. The van der Waals surface area contributed by atoms with Crippen LogP contribution in [0, 0.1) is 6.92 Å². The Bertz CT molecular complexity index is 1030.